The Balaban J connectivity index is 3.81. The standard InChI is InChI=1S/C8H5ClN2O7/c1-18-7-3(8(12)13)2-4(10(14)15)5(9)6(7)11(16)17/h2H,1H3,(H,12,13). The molecule has 0 saturated heterocycles. The number of methoxy groups -OCH3 is 1. The van der Waals surface area contributed by atoms with Crippen molar-refractivity contribution >= 4 is 28.9 Å². The monoisotopic (exact) mass is 276 g/mol. The van der Waals surface area contributed by atoms with E-state index >= 15 is 0 Å². The highest BCUT2D eigenvalue weighted by Crippen LogP contribution is 2.43. The molecular formula is C8H5ClN2O7. The fraction of sp³-hybridized carbons (Fsp3) is 0.125. The molecule has 0 aromatic heterocycles. The number of carboxylic acid groups (broad SMARTS) is 1. The number of aromatic carboxylic acids is 1. The van der Waals surface area contributed by atoms with Crippen molar-refractivity contribution in [1.29, 1.82) is 0 Å². The molecule has 0 aliphatic rings. The van der Waals surface area contributed by atoms with E-state index in [1.165, 1.54) is 0 Å². The van der Waals surface area contributed by atoms with Crippen molar-refractivity contribution in [3.8, 4) is 5.75 Å². The summed E-state index contributed by atoms with van der Waals surface area (Å²) in [7, 11) is 0.997. The van der Waals surface area contributed by atoms with Crippen molar-refractivity contribution in [3.05, 3.63) is 36.9 Å². The number of halogens is 1. The highest BCUT2D eigenvalue weighted by atomic mass is 35.5. The minimum Gasteiger partial charge on any atom is -0.489 e. The molecular weight excluding hydrogens is 272 g/mol. The Morgan fingerprint density at radius 2 is 1.94 bits per heavy atom. The van der Waals surface area contributed by atoms with Crippen LogP contribution >= 0.6 is 11.6 Å². The Labute approximate surface area is 104 Å². The van der Waals surface area contributed by atoms with Gasteiger partial charge in [-0.3, -0.25) is 20.2 Å². The first kappa shape index (κ1) is 13.6. The van der Waals surface area contributed by atoms with Gasteiger partial charge in [0, 0.05) is 6.07 Å². The predicted octanol–water partition coefficient (Wildman–Crippen LogP) is 1.86. The Morgan fingerprint density at radius 3 is 2.28 bits per heavy atom. The third-order valence-electron chi connectivity index (χ3n) is 1.99. The third kappa shape index (κ3) is 2.15. The van der Waals surface area contributed by atoms with Crippen LogP contribution in [-0.4, -0.2) is 28.0 Å². The molecule has 0 saturated carbocycles. The first-order valence-corrected chi connectivity index (χ1v) is 4.61. The van der Waals surface area contributed by atoms with Crippen LogP contribution in [0.3, 0.4) is 0 Å². The molecule has 0 amide bonds. The molecule has 9 nitrogen and oxygen atoms in total. The Bertz CT molecular complexity index is 557. The van der Waals surface area contributed by atoms with E-state index in [0.717, 1.165) is 7.11 Å². The minimum absolute atomic E-state index is 0.608. The summed E-state index contributed by atoms with van der Waals surface area (Å²) in [5.74, 6) is -2.24. The molecule has 0 aliphatic heterocycles. The molecule has 0 atom stereocenters. The average Bonchev–Trinajstić information content (AvgIpc) is 2.26. The molecule has 0 radical (unpaired) electrons. The number of hydrogen-bond donors (Lipinski definition) is 1. The van der Waals surface area contributed by atoms with Crippen LogP contribution in [0.5, 0.6) is 5.75 Å². The average molecular weight is 277 g/mol. The lowest BCUT2D eigenvalue weighted by molar-refractivity contribution is -0.394. The van der Waals surface area contributed by atoms with Crippen molar-refractivity contribution in [2.75, 3.05) is 7.11 Å². The van der Waals surface area contributed by atoms with E-state index in [1.54, 1.807) is 0 Å². The predicted molar refractivity (Wildman–Crippen MR) is 58.3 cm³/mol. The van der Waals surface area contributed by atoms with Crippen LogP contribution in [0, 0.1) is 20.2 Å². The van der Waals surface area contributed by atoms with E-state index in [9.17, 15) is 25.0 Å². The van der Waals surface area contributed by atoms with Gasteiger partial charge in [0.1, 0.15) is 5.56 Å². The van der Waals surface area contributed by atoms with Gasteiger partial charge in [0.25, 0.3) is 5.69 Å². The first-order valence-electron chi connectivity index (χ1n) is 4.23. The number of benzene rings is 1. The molecule has 1 aromatic rings. The van der Waals surface area contributed by atoms with Crippen molar-refractivity contribution in [2.24, 2.45) is 0 Å². The van der Waals surface area contributed by atoms with Crippen LogP contribution in [0.4, 0.5) is 11.4 Å². The van der Waals surface area contributed by atoms with Crippen LogP contribution in [0.15, 0.2) is 6.07 Å². The number of rotatable bonds is 4. The van der Waals surface area contributed by atoms with Gasteiger partial charge in [-0.15, -0.1) is 0 Å². The summed E-state index contributed by atoms with van der Waals surface area (Å²) >= 11 is 5.50. The second-order valence-corrected chi connectivity index (χ2v) is 3.34. The molecule has 1 rings (SSSR count). The van der Waals surface area contributed by atoms with Crippen LogP contribution in [0.2, 0.25) is 5.02 Å². The second kappa shape index (κ2) is 4.84. The second-order valence-electron chi connectivity index (χ2n) is 2.96. The Kier molecular flexibility index (Phi) is 3.67. The molecule has 0 spiro atoms. The molecule has 0 bridgehead atoms. The van der Waals surface area contributed by atoms with Crippen LogP contribution < -0.4 is 4.74 Å². The first-order chi connectivity index (χ1) is 8.31. The fourth-order valence-corrected chi connectivity index (χ4v) is 1.55. The highest BCUT2D eigenvalue weighted by Gasteiger charge is 2.34. The number of nitro groups is 2. The van der Waals surface area contributed by atoms with Crippen LogP contribution in [0.25, 0.3) is 0 Å². The molecule has 1 N–H and O–H groups in total. The zero-order valence-electron chi connectivity index (χ0n) is 8.75. The summed E-state index contributed by atoms with van der Waals surface area (Å²) in [6.45, 7) is 0. The van der Waals surface area contributed by atoms with Gasteiger partial charge in [0.15, 0.2) is 5.02 Å². The zero-order chi connectivity index (χ0) is 14.0. The van der Waals surface area contributed by atoms with E-state index < -0.39 is 43.5 Å². The quantitative estimate of drug-likeness (QED) is 0.655. The van der Waals surface area contributed by atoms with Gasteiger partial charge >= 0.3 is 11.7 Å². The summed E-state index contributed by atoms with van der Waals surface area (Å²) < 4.78 is 4.59. The number of nitro benzene ring substituents is 2. The highest BCUT2D eigenvalue weighted by molar-refractivity contribution is 6.35. The zero-order valence-corrected chi connectivity index (χ0v) is 9.50. The lowest BCUT2D eigenvalue weighted by Crippen LogP contribution is -2.06. The van der Waals surface area contributed by atoms with Gasteiger partial charge < -0.3 is 9.84 Å². The topological polar surface area (TPSA) is 133 Å². The summed E-state index contributed by atoms with van der Waals surface area (Å²) in [6, 6.07) is 0.608. The minimum atomic E-state index is -1.60. The molecule has 0 aliphatic carbocycles. The molecule has 0 fully saturated rings. The van der Waals surface area contributed by atoms with E-state index in [1.807, 2.05) is 0 Å². The summed E-state index contributed by atoms with van der Waals surface area (Å²) in [5, 5.41) is 29.5. The smallest absolute Gasteiger partial charge is 0.340 e. The number of carboxylic acids is 1. The van der Waals surface area contributed by atoms with Crippen molar-refractivity contribution in [2.45, 2.75) is 0 Å². The summed E-state index contributed by atoms with van der Waals surface area (Å²) in [6.07, 6.45) is 0. The lowest BCUT2D eigenvalue weighted by atomic mass is 10.1. The molecule has 0 heterocycles. The number of nitrogens with zero attached hydrogens (tertiary/aromatic N) is 2. The molecule has 96 valence electrons. The van der Waals surface area contributed by atoms with Crippen LogP contribution in [0.1, 0.15) is 10.4 Å². The SMILES string of the molecule is COc1c(C(=O)O)cc([N+](=O)[O-])c(Cl)c1[N+](=O)[O-]. The maximum Gasteiger partial charge on any atom is 0.340 e. The molecule has 10 heteroatoms. The fourth-order valence-electron chi connectivity index (χ4n) is 1.28. The van der Waals surface area contributed by atoms with Crippen molar-refractivity contribution in [1.82, 2.24) is 0 Å². The molecule has 0 unspecified atom stereocenters. The van der Waals surface area contributed by atoms with Gasteiger partial charge in [-0.25, -0.2) is 4.79 Å². The van der Waals surface area contributed by atoms with Crippen molar-refractivity contribution < 1.29 is 24.5 Å². The largest absolute Gasteiger partial charge is 0.489 e. The maximum absolute atomic E-state index is 10.9. The number of hydrogen-bond acceptors (Lipinski definition) is 6. The van der Waals surface area contributed by atoms with Crippen molar-refractivity contribution in [3.63, 3.8) is 0 Å². The Morgan fingerprint density at radius 1 is 1.39 bits per heavy atom. The summed E-state index contributed by atoms with van der Waals surface area (Å²) in [4.78, 5) is 30.2. The van der Waals surface area contributed by atoms with Gasteiger partial charge in [-0.05, 0) is 0 Å². The molecule has 1 aromatic carbocycles. The third-order valence-corrected chi connectivity index (χ3v) is 2.36. The van der Waals surface area contributed by atoms with Gasteiger partial charge in [-0.2, -0.15) is 0 Å². The van der Waals surface area contributed by atoms with E-state index in [0.29, 0.717) is 6.07 Å². The Hall–Kier alpha value is -2.42. The van der Waals surface area contributed by atoms with Gasteiger partial charge in [0.2, 0.25) is 5.75 Å². The normalized spacial score (nSPS) is 9.89. The molecule has 18 heavy (non-hydrogen) atoms. The lowest BCUT2D eigenvalue weighted by Gasteiger charge is -2.07. The van der Waals surface area contributed by atoms with Gasteiger partial charge in [0.05, 0.1) is 17.0 Å². The van der Waals surface area contributed by atoms with Crippen LogP contribution in [-0.2, 0) is 0 Å². The van der Waals surface area contributed by atoms with E-state index in [-0.39, 0.29) is 0 Å². The summed E-state index contributed by atoms with van der Waals surface area (Å²) in [5.41, 5.74) is -2.53. The van der Waals surface area contributed by atoms with E-state index in [4.69, 9.17) is 16.7 Å². The van der Waals surface area contributed by atoms with Gasteiger partial charge in [-0.1, -0.05) is 11.6 Å². The van der Waals surface area contributed by atoms with E-state index in [2.05, 4.69) is 4.74 Å². The number of ether oxygens (including phenoxy) is 1. The number of carbonyl (C=O) groups is 1. The maximum atomic E-state index is 10.9.